The zero-order valence-electron chi connectivity index (χ0n) is 15.5. The van der Waals surface area contributed by atoms with Crippen LogP contribution in [0.4, 0.5) is 5.82 Å². The van der Waals surface area contributed by atoms with Gasteiger partial charge in [-0.2, -0.15) is 0 Å². The SMILES string of the molecule is C=CC=Nc1c(C=C)n2c3ccccc3nc2n1/C(C=C)=C/C(C)=C\C=C. The highest BCUT2D eigenvalue weighted by Crippen LogP contribution is 2.33. The van der Waals surface area contributed by atoms with Crippen LogP contribution in [0.2, 0.25) is 0 Å². The van der Waals surface area contributed by atoms with Gasteiger partial charge in [0.1, 0.15) is 0 Å². The van der Waals surface area contributed by atoms with Gasteiger partial charge in [0.05, 0.1) is 22.4 Å². The molecular weight excluding hydrogens is 332 g/mol. The van der Waals surface area contributed by atoms with Crippen molar-refractivity contribution in [2.24, 2.45) is 4.99 Å². The molecule has 1 aromatic carbocycles. The van der Waals surface area contributed by atoms with Crippen LogP contribution in [0.1, 0.15) is 12.6 Å². The van der Waals surface area contributed by atoms with E-state index in [2.05, 4.69) is 35.7 Å². The number of hydrogen-bond donors (Lipinski definition) is 0. The van der Waals surface area contributed by atoms with Gasteiger partial charge >= 0.3 is 0 Å². The lowest BCUT2D eigenvalue weighted by molar-refractivity contribution is 1.11. The van der Waals surface area contributed by atoms with Crippen molar-refractivity contribution in [2.75, 3.05) is 0 Å². The fourth-order valence-corrected chi connectivity index (χ4v) is 3.06. The fourth-order valence-electron chi connectivity index (χ4n) is 3.06. The molecule has 0 N–H and O–H groups in total. The second kappa shape index (κ2) is 7.70. The molecule has 0 aliphatic heterocycles. The van der Waals surface area contributed by atoms with E-state index in [9.17, 15) is 0 Å². The molecule has 0 aliphatic carbocycles. The van der Waals surface area contributed by atoms with E-state index < -0.39 is 0 Å². The first-order valence-electron chi connectivity index (χ1n) is 8.59. The Balaban J connectivity index is 2.48. The maximum Gasteiger partial charge on any atom is 0.221 e. The molecule has 0 aliphatic rings. The number of allylic oxidation sites excluding steroid dienone is 7. The van der Waals surface area contributed by atoms with Crippen LogP contribution in [0.3, 0.4) is 0 Å². The Morgan fingerprint density at radius 3 is 2.56 bits per heavy atom. The van der Waals surface area contributed by atoms with Gasteiger partial charge in [0, 0.05) is 6.21 Å². The summed E-state index contributed by atoms with van der Waals surface area (Å²) in [5, 5.41) is 0. The van der Waals surface area contributed by atoms with Crippen LogP contribution in [-0.2, 0) is 0 Å². The molecule has 0 saturated carbocycles. The Morgan fingerprint density at radius 1 is 1.11 bits per heavy atom. The number of aromatic nitrogens is 3. The Kier molecular flexibility index (Phi) is 5.18. The van der Waals surface area contributed by atoms with E-state index in [1.165, 1.54) is 0 Å². The van der Waals surface area contributed by atoms with Gasteiger partial charge in [0.25, 0.3) is 0 Å². The van der Waals surface area contributed by atoms with Crippen LogP contribution in [-0.4, -0.2) is 20.2 Å². The number of benzene rings is 1. The van der Waals surface area contributed by atoms with Crippen molar-refractivity contribution >= 4 is 40.6 Å². The van der Waals surface area contributed by atoms with E-state index in [-0.39, 0.29) is 0 Å². The van der Waals surface area contributed by atoms with Crippen molar-refractivity contribution in [3.63, 3.8) is 0 Å². The topological polar surface area (TPSA) is 34.6 Å². The smallest absolute Gasteiger partial charge is 0.221 e. The molecule has 27 heavy (non-hydrogen) atoms. The number of hydrogen-bond acceptors (Lipinski definition) is 2. The maximum atomic E-state index is 4.82. The quantitative estimate of drug-likeness (QED) is 0.380. The lowest BCUT2D eigenvalue weighted by atomic mass is 10.2. The van der Waals surface area contributed by atoms with Gasteiger partial charge in [-0.25, -0.2) is 9.98 Å². The average Bonchev–Trinajstić information content (AvgIpc) is 3.18. The van der Waals surface area contributed by atoms with Gasteiger partial charge < -0.3 is 0 Å². The van der Waals surface area contributed by atoms with Crippen molar-refractivity contribution < 1.29 is 0 Å². The summed E-state index contributed by atoms with van der Waals surface area (Å²) in [6, 6.07) is 8.00. The lowest BCUT2D eigenvalue weighted by Gasteiger charge is -2.07. The molecule has 3 aromatic rings. The highest BCUT2D eigenvalue weighted by molar-refractivity contribution is 5.87. The van der Waals surface area contributed by atoms with Crippen molar-refractivity contribution in [3.05, 3.63) is 92.2 Å². The summed E-state index contributed by atoms with van der Waals surface area (Å²) in [7, 11) is 0. The fraction of sp³-hybridized carbons (Fsp3) is 0.0435. The first-order valence-corrected chi connectivity index (χ1v) is 8.59. The van der Waals surface area contributed by atoms with Gasteiger partial charge in [-0.3, -0.25) is 8.97 Å². The summed E-state index contributed by atoms with van der Waals surface area (Å²) in [6.07, 6.45) is 12.6. The number of imidazole rings is 2. The molecule has 4 nitrogen and oxygen atoms in total. The summed E-state index contributed by atoms with van der Waals surface area (Å²) < 4.78 is 4.03. The minimum absolute atomic E-state index is 0.718. The average molecular weight is 354 g/mol. The normalized spacial score (nSPS) is 12.8. The van der Waals surface area contributed by atoms with E-state index in [0.29, 0.717) is 0 Å². The molecule has 0 saturated heterocycles. The Bertz CT molecular complexity index is 1150. The van der Waals surface area contributed by atoms with E-state index in [1.807, 2.05) is 47.9 Å². The third kappa shape index (κ3) is 3.13. The zero-order valence-corrected chi connectivity index (χ0v) is 15.5. The van der Waals surface area contributed by atoms with E-state index >= 15 is 0 Å². The summed E-state index contributed by atoms with van der Waals surface area (Å²) in [4.78, 5) is 9.42. The largest absolute Gasteiger partial charge is 0.274 e. The molecule has 0 unspecified atom stereocenters. The second-order valence-corrected chi connectivity index (χ2v) is 5.92. The molecule has 4 heteroatoms. The molecule has 0 fully saturated rings. The molecule has 2 aromatic heterocycles. The molecule has 0 amide bonds. The summed E-state index contributed by atoms with van der Waals surface area (Å²) in [6.45, 7) is 17.5. The van der Waals surface area contributed by atoms with Crippen LogP contribution >= 0.6 is 0 Å². The Morgan fingerprint density at radius 2 is 1.89 bits per heavy atom. The van der Waals surface area contributed by atoms with Gasteiger partial charge in [-0.05, 0) is 42.9 Å². The summed E-state index contributed by atoms with van der Waals surface area (Å²) in [5.74, 6) is 1.47. The number of fused-ring (bicyclic) bond motifs is 3. The first-order chi connectivity index (χ1) is 13.2. The monoisotopic (exact) mass is 354 g/mol. The van der Waals surface area contributed by atoms with Crippen LogP contribution in [0.15, 0.2) is 91.5 Å². The van der Waals surface area contributed by atoms with Gasteiger partial charge in [-0.15, -0.1) is 0 Å². The predicted octanol–water partition coefficient (Wildman–Crippen LogP) is 5.98. The van der Waals surface area contributed by atoms with Crippen LogP contribution in [0.5, 0.6) is 0 Å². The summed E-state index contributed by atoms with van der Waals surface area (Å²) >= 11 is 0. The maximum absolute atomic E-state index is 4.82. The minimum Gasteiger partial charge on any atom is -0.274 e. The van der Waals surface area contributed by atoms with E-state index in [1.54, 1.807) is 30.5 Å². The molecule has 2 heterocycles. The number of aliphatic imine (C=N–C) groups is 1. The van der Waals surface area contributed by atoms with Gasteiger partial charge in [0.2, 0.25) is 5.78 Å². The highest BCUT2D eigenvalue weighted by atomic mass is 15.3. The van der Waals surface area contributed by atoms with Gasteiger partial charge in [-0.1, -0.05) is 56.7 Å². The van der Waals surface area contributed by atoms with E-state index in [4.69, 9.17) is 4.98 Å². The van der Waals surface area contributed by atoms with Crippen LogP contribution in [0.25, 0.3) is 28.6 Å². The third-order valence-corrected chi connectivity index (χ3v) is 4.14. The van der Waals surface area contributed by atoms with Crippen molar-refractivity contribution in [1.82, 2.24) is 14.0 Å². The zero-order chi connectivity index (χ0) is 19.4. The Labute approximate surface area is 159 Å². The predicted molar refractivity (Wildman–Crippen MR) is 118 cm³/mol. The number of rotatable bonds is 7. The van der Waals surface area contributed by atoms with Gasteiger partial charge in [0.15, 0.2) is 5.82 Å². The Hall–Kier alpha value is -3.66. The summed E-state index contributed by atoms with van der Waals surface area (Å²) in [5.41, 5.74) is 4.66. The molecule has 134 valence electrons. The lowest BCUT2D eigenvalue weighted by Crippen LogP contribution is -1.96. The first kappa shape index (κ1) is 18.1. The number of nitrogens with zero attached hydrogens (tertiary/aromatic N) is 4. The highest BCUT2D eigenvalue weighted by Gasteiger charge is 2.20. The molecular formula is C23H22N4. The molecule has 0 spiro atoms. The van der Waals surface area contributed by atoms with Crippen LogP contribution in [0, 0.1) is 0 Å². The molecule has 0 bridgehead atoms. The minimum atomic E-state index is 0.718. The molecule has 0 radical (unpaired) electrons. The van der Waals surface area contributed by atoms with Crippen molar-refractivity contribution in [2.45, 2.75) is 6.92 Å². The van der Waals surface area contributed by atoms with Crippen LogP contribution < -0.4 is 0 Å². The molecule has 3 rings (SSSR count). The van der Waals surface area contributed by atoms with E-state index in [0.717, 1.165) is 39.6 Å². The second-order valence-electron chi connectivity index (χ2n) is 5.92. The third-order valence-electron chi connectivity index (χ3n) is 4.14. The molecule has 0 atom stereocenters. The van der Waals surface area contributed by atoms with Crippen molar-refractivity contribution in [3.8, 4) is 0 Å². The standard InChI is InChI=1S/C23H22N4/c1-6-12-17(5)16-18(8-3)26-22(24-15-7-2)20(9-4)27-21-14-11-10-13-19(21)25-23(26)27/h6-16H,1-4H2,5H3/b17-12-,18-16+,24-15?. The van der Waals surface area contributed by atoms with Crippen molar-refractivity contribution in [1.29, 1.82) is 0 Å². The number of para-hydroxylation sites is 2.